The van der Waals surface area contributed by atoms with Crippen LogP contribution in [0, 0.1) is 5.82 Å². The highest BCUT2D eigenvalue weighted by atomic mass is 19.1. The molecule has 0 amide bonds. The van der Waals surface area contributed by atoms with Crippen molar-refractivity contribution in [3.05, 3.63) is 23.5 Å². The van der Waals surface area contributed by atoms with Crippen molar-refractivity contribution in [3.63, 3.8) is 0 Å². The highest BCUT2D eigenvalue weighted by Crippen LogP contribution is 2.32. The van der Waals surface area contributed by atoms with E-state index >= 15 is 0 Å². The van der Waals surface area contributed by atoms with E-state index in [4.69, 9.17) is 10.6 Å². The molecule has 1 rings (SSSR count). The number of methoxy groups -OCH3 is 1. The third-order valence-corrected chi connectivity index (χ3v) is 1.61. The molecule has 13 heavy (non-hydrogen) atoms. The van der Waals surface area contributed by atoms with Gasteiger partial charge in [0.15, 0.2) is 17.3 Å². The monoisotopic (exact) mass is 187 g/mol. The molecule has 0 saturated heterocycles. The summed E-state index contributed by atoms with van der Waals surface area (Å²) in [6.07, 6.45) is 0. The van der Waals surface area contributed by atoms with Crippen molar-refractivity contribution in [1.82, 2.24) is 0 Å². The molecule has 0 aliphatic heterocycles. The Morgan fingerprint density at radius 2 is 2.23 bits per heavy atom. The maximum Gasteiger partial charge on any atom is 0.194 e. The van der Waals surface area contributed by atoms with E-state index in [1.54, 1.807) is 0 Å². The molecule has 4 nitrogen and oxygen atoms in total. The van der Waals surface area contributed by atoms with Gasteiger partial charge in [0.05, 0.1) is 13.7 Å². The Labute approximate surface area is 74.6 Å². The van der Waals surface area contributed by atoms with Gasteiger partial charge in [-0.3, -0.25) is 4.84 Å². The fourth-order valence-electron chi connectivity index (χ4n) is 1.02. The zero-order valence-electron chi connectivity index (χ0n) is 7.08. The molecule has 0 aromatic heterocycles. The number of rotatable bonds is 3. The molecule has 0 atom stereocenters. The van der Waals surface area contributed by atoms with Crippen molar-refractivity contribution in [2.45, 2.75) is 6.61 Å². The van der Waals surface area contributed by atoms with E-state index in [1.165, 1.54) is 13.2 Å². The molecule has 0 aliphatic carbocycles. The predicted octanol–water partition coefficient (Wildman–Crippen LogP) is 0.930. The average Bonchev–Trinajstić information content (AvgIpc) is 2.12. The van der Waals surface area contributed by atoms with Crippen molar-refractivity contribution in [2.75, 3.05) is 7.11 Å². The van der Waals surface area contributed by atoms with Crippen LogP contribution in [-0.2, 0) is 11.4 Å². The van der Waals surface area contributed by atoms with Crippen LogP contribution in [-0.4, -0.2) is 12.2 Å². The van der Waals surface area contributed by atoms with Gasteiger partial charge in [-0.05, 0) is 12.1 Å². The molecule has 0 saturated carbocycles. The summed E-state index contributed by atoms with van der Waals surface area (Å²) in [5, 5.41) is 9.21. The third kappa shape index (κ3) is 1.88. The maximum atomic E-state index is 12.8. The summed E-state index contributed by atoms with van der Waals surface area (Å²) < 4.78 is 17.6. The quantitative estimate of drug-likeness (QED) is 0.691. The lowest BCUT2D eigenvalue weighted by Crippen LogP contribution is -2.01. The number of benzene rings is 1. The fourth-order valence-corrected chi connectivity index (χ4v) is 1.02. The van der Waals surface area contributed by atoms with Gasteiger partial charge < -0.3 is 9.84 Å². The van der Waals surface area contributed by atoms with Crippen molar-refractivity contribution in [1.29, 1.82) is 0 Å². The number of hydrogen-bond donors (Lipinski definition) is 2. The topological polar surface area (TPSA) is 64.7 Å². The summed E-state index contributed by atoms with van der Waals surface area (Å²) in [6.45, 7) is 0.0526. The average molecular weight is 187 g/mol. The van der Waals surface area contributed by atoms with E-state index < -0.39 is 11.6 Å². The first-order valence-corrected chi connectivity index (χ1v) is 3.56. The number of ether oxygens (including phenoxy) is 1. The third-order valence-electron chi connectivity index (χ3n) is 1.61. The summed E-state index contributed by atoms with van der Waals surface area (Å²) in [6, 6.07) is 2.55. The van der Waals surface area contributed by atoms with Crippen LogP contribution in [0.15, 0.2) is 12.1 Å². The molecule has 0 bridgehead atoms. The first kappa shape index (κ1) is 9.76. The summed E-state index contributed by atoms with van der Waals surface area (Å²) in [5.74, 6) is 3.62. The van der Waals surface area contributed by atoms with E-state index in [0.717, 1.165) is 6.07 Å². The van der Waals surface area contributed by atoms with Gasteiger partial charge in [0.1, 0.15) is 0 Å². The van der Waals surface area contributed by atoms with Gasteiger partial charge in [-0.1, -0.05) is 0 Å². The standard InChI is InChI=1S/C8H10FNO3/c1-12-8-5(4-13-10)2-3-6(9)7(8)11/h2-3,11H,4,10H2,1H3. The number of nitrogens with two attached hydrogens (primary N) is 1. The van der Waals surface area contributed by atoms with Crippen molar-refractivity contribution in [3.8, 4) is 11.5 Å². The van der Waals surface area contributed by atoms with Crippen LogP contribution in [0.25, 0.3) is 0 Å². The lowest BCUT2D eigenvalue weighted by Gasteiger charge is -2.09. The van der Waals surface area contributed by atoms with Crippen LogP contribution in [0.1, 0.15) is 5.56 Å². The highest BCUT2D eigenvalue weighted by Gasteiger charge is 2.12. The van der Waals surface area contributed by atoms with E-state index in [2.05, 4.69) is 4.84 Å². The Hall–Kier alpha value is -1.33. The van der Waals surface area contributed by atoms with Gasteiger partial charge in [-0.25, -0.2) is 10.3 Å². The van der Waals surface area contributed by atoms with Crippen LogP contribution < -0.4 is 10.6 Å². The zero-order valence-corrected chi connectivity index (χ0v) is 7.08. The van der Waals surface area contributed by atoms with Gasteiger partial charge in [-0.2, -0.15) is 0 Å². The number of phenols is 1. The van der Waals surface area contributed by atoms with Gasteiger partial charge in [0.2, 0.25) is 0 Å². The first-order chi connectivity index (χ1) is 6.20. The van der Waals surface area contributed by atoms with E-state index in [-0.39, 0.29) is 12.4 Å². The fraction of sp³-hybridized carbons (Fsp3) is 0.250. The summed E-state index contributed by atoms with van der Waals surface area (Å²) in [5.41, 5.74) is 0.490. The lowest BCUT2D eigenvalue weighted by atomic mass is 10.2. The van der Waals surface area contributed by atoms with Gasteiger partial charge >= 0.3 is 0 Å². The largest absolute Gasteiger partial charge is 0.502 e. The Morgan fingerprint density at radius 3 is 2.77 bits per heavy atom. The number of aromatic hydroxyl groups is 1. The molecule has 72 valence electrons. The molecule has 0 spiro atoms. The Bertz CT molecular complexity index is 304. The zero-order chi connectivity index (χ0) is 9.84. The van der Waals surface area contributed by atoms with Gasteiger partial charge in [-0.15, -0.1) is 0 Å². The molecular formula is C8H10FNO3. The maximum absolute atomic E-state index is 12.8. The Kier molecular flexibility index (Phi) is 3.05. The van der Waals surface area contributed by atoms with Crippen LogP contribution >= 0.6 is 0 Å². The summed E-state index contributed by atoms with van der Waals surface area (Å²) >= 11 is 0. The summed E-state index contributed by atoms with van der Waals surface area (Å²) in [7, 11) is 1.33. The minimum absolute atomic E-state index is 0.0467. The molecule has 3 N–H and O–H groups in total. The van der Waals surface area contributed by atoms with E-state index in [9.17, 15) is 9.50 Å². The van der Waals surface area contributed by atoms with Crippen LogP contribution in [0.3, 0.4) is 0 Å². The molecule has 0 unspecified atom stereocenters. The van der Waals surface area contributed by atoms with Crippen molar-refractivity contribution >= 4 is 0 Å². The van der Waals surface area contributed by atoms with Crippen LogP contribution in [0.4, 0.5) is 4.39 Å². The molecule has 1 aromatic rings. The number of halogens is 1. The van der Waals surface area contributed by atoms with Crippen molar-refractivity contribution < 1.29 is 19.1 Å². The second-order valence-corrected chi connectivity index (χ2v) is 2.40. The number of phenolic OH excluding ortho intramolecular Hbond substituents is 1. The molecule has 1 aromatic carbocycles. The second kappa shape index (κ2) is 4.06. The molecular weight excluding hydrogens is 177 g/mol. The van der Waals surface area contributed by atoms with Gasteiger partial charge in [0, 0.05) is 5.56 Å². The second-order valence-electron chi connectivity index (χ2n) is 2.40. The highest BCUT2D eigenvalue weighted by molar-refractivity contribution is 5.46. The Morgan fingerprint density at radius 1 is 1.54 bits per heavy atom. The molecule has 0 fully saturated rings. The Balaban J connectivity index is 3.13. The normalized spacial score (nSPS) is 10.1. The van der Waals surface area contributed by atoms with E-state index in [0.29, 0.717) is 5.56 Å². The molecule has 0 heterocycles. The molecule has 0 aliphatic rings. The minimum atomic E-state index is -0.738. The molecule has 0 radical (unpaired) electrons. The predicted molar refractivity (Wildman–Crippen MR) is 43.6 cm³/mol. The molecule has 5 heteroatoms. The minimum Gasteiger partial charge on any atom is -0.502 e. The van der Waals surface area contributed by atoms with Crippen molar-refractivity contribution in [2.24, 2.45) is 5.90 Å². The lowest BCUT2D eigenvalue weighted by molar-refractivity contribution is 0.121. The van der Waals surface area contributed by atoms with Gasteiger partial charge in [0.25, 0.3) is 0 Å². The van der Waals surface area contributed by atoms with E-state index in [1.807, 2.05) is 0 Å². The smallest absolute Gasteiger partial charge is 0.194 e. The number of hydrogen-bond acceptors (Lipinski definition) is 4. The SMILES string of the molecule is COc1c(CON)ccc(F)c1O. The first-order valence-electron chi connectivity index (χ1n) is 3.56. The summed E-state index contributed by atoms with van der Waals surface area (Å²) in [4.78, 5) is 4.35. The van der Waals surface area contributed by atoms with Crippen LogP contribution in [0.2, 0.25) is 0 Å². The van der Waals surface area contributed by atoms with Crippen LogP contribution in [0.5, 0.6) is 11.5 Å².